The monoisotopic (exact) mass is 600 g/mol. The van der Waals surface area contributed by atoms with Crippen LogP contribution in [0.1, 0.15) is 40.6 Å². The van der Waals surface area contributed by atoms with Crippen LogP contribution in [0.2, 0.25) is 0 Å². The number of alkyl halides is 6. The standard InChI is InChI=1S/C36H26F6N2/c1-22-33-29(26-12-5-6-13-28(26)32-15-7-8-18-44(32)33)17-16-27-30(20-24(35(37,38)39)21-31(27)36(40,41)42)34-25(14-9-19-43(22)34)23-10-3-2-4-11-23/h2-15,18-21,29,33H,1,16-17H2/q+2. The minimum atomic E-state index is -5.01. The van der Waals surface area contributed by atoms with E-state index in [4.69, 9.17) is 0 Å². The van der Waals surface area contributed by atoms with Crippen molar-refractivity contribution >= 4 is 5.70 Å². The fourth-order valence-electron chi connectivity index (χ4n) is 6.94. The first-order chi connectivity index (χ1) is 21.0. The Balaban J connectivity index is 1.60. The third-order valence-corrected chi connectivity index (χ3v) is 8.78. The quantitative estimate of drug-likeness (QED) is 0.134. The molecule has 0 N–H and O–H groups in total. The summed E-state index contributed by atoms with van der Waals surface area (Å²) in [6.45, 7) is 4.50. The van der Waals surface area contributed by atoms with E-state index in [1.807, 2.05) is 54.7 Å². The lowest BCUT2D eigenvalue weighted by molar-refractivity contribution is -0.727. The van der Waals surface area contributed by atoms with E-state index in [0.717, 1.165) is 22.9 Å². The van der Waals surface area contributed by atoms with Gasteiger partial charge in [0.1, 0.15) is 0 Å². The second kappa shape index (κ2) is 10.2. The molecule has 5 aromatic rings. The molecule has 2 atom stereocenters. The van der Waals surface area contributed by atoms with Crippen molar-refractivity contribution in [2.24, 2.45) is 0 Å². The average molecular weight is 601 g/mol. The van der Waals surface area contributed by atoms with E-state index in [-0.39, 0.29) is 41.6 Å². The molecule has 0 radical (unpaired) electrons. The molecule has 7 rings (SSSR count). The largest absolute Gasteiger partial charge is 0.416 e. The van der Waals surface area contributed by atoms with Gasteiger partial charge in [0.05, 0.1) is 28.2 Å². The maximum atomic E-state index is 14.7. The summed E-state index contributed by atoms with van der Waals surface area (Å²) < 4.78 is 90.7. The highest BCUT2D eigenvalue weighted by atomic mass is 19.4. The van der Waals surface area contributed by atoms with E-state index in [1.54, 1.807) is 47.2 Å². The van der Waals surface area contributed by atoms with Gasteiger partial charge < -0.3 is 0 Å². The fraction of sp³-hybridized carbons (Fsp3) is 0.167. The highest BCUT2D eigenvalue weighted by Crippen LogP contribution is 2.48. The van der Waals surface area contributed by atoms with Gasteiger partial charge in [-0.25, -0.2) is 0 Å². The van der Waals surface area contributed by atoms with E-state index in [9.17, 15) is 26.3 Å². The summed E-state index contributed by atoms with van der Waals surface area (Å²) in [5.74, 6) is -0.298. The van der Waals surface area contributed by atoms with Crippen LogP contribution in [0.3, 0.4) is 0 Å². The van der Waals surface area contributed by atoms with Crippen molar-refractivity contribution in [1.82, 2.24) is 0 Å². The van der Waals surface area contributed by atoms with Crippen molar-refractivity contribution in [3.8, 4) is 33.6 Å². The minimum Gasteiger partial charge on any atom is -0.184 e. The molecule has 8 heteroatoms. The van der Waals surface area contributed by atoms with Gasteiger partial charge in [-0.2, -0.15) is 35.5 Å². The van der Waals surface area contributed by atoms with Gasteiger partial charge in [0, 0.05) is 23.8 Å². The second-order valence-electron chi connectivity index (χ2n) is 11.2. The van der Waals surface area contributed by atoms with Crippen molar-refractivity contribution in [3.63, 3.8) is 0 Å². The van der Waals surface area contributed by atoms with Gasteiger partial charge in [-0.05, 0) is 66.4 Å². The van der Waals surface area contributed by atoms with Crippen molar-refractivity contribution in [1.29, 1.82) is 0 Å². The van der Waals surface area contributed by atoms with Crippen molar-refractivity contribution in [2.75, 3.05) is 0 Å². The van der Waals surface area contributed by atoms with Crippen LogP contribution in [-0.4, -0.2) is 0 Å². The van der Waals surface area contributed by atoms with Crippen LogP contribution in [0.25, 0.3) is 39.3 Å². The van der Waals surface area contributed by atoms with Crippen molar-refractivity contribution < 1.29 is 35.5 Å². The van der Waals surface area contributed by atoms with Crippen LogP contribution in [0.15, 0.2) is 116 Å². The molecule has 2 unspecified atom stereocenters. The molecule has 0 saturated carbocycles. The number of hydrogen-bond donors (Lipinski definition) is 0. The maximum Gasteiger partial charge on any atom is 0.416 e. The molecule has 0 bridgehead atoms. The molecule has 2 aliphatic rings. The Labute approximate surface area is 250 Å². The van der Waals surface area contributed by atoms with E-state index in [2.05, 4.69) is 11.1 Å². The summed E-state index contributed by atoms with van der Waals surface area (Å²) in [7, 11) is 0. The summed E-state index contributed by atoms with van der Waals surface area (Å²) in [4.78, 5) is 0. The molecular formula is C36H26F6N2+2. The van der Waals surface area contributed by atoms with Gasteiger partial charge in [0.15, 0.2) is 12.4 Å². The fourth-order valence-corrected chi connectivity index (χ4v) is 6.94. The second-order valence-corrected chi connectivity index (χ2v) is 11.2. The predicted octanol–water partition coefficient (Wildman–Crippen LogP) is 9.06. The molecule has 0 saturated heterocycles. The van der Waals surface area contributed by atoms with E-state index in [1.165, 1.54) is 0 Å². The summed E-state index contributed by atoms with van der Waals surface area (Å²) in [6.07, 6.45) is -6.20. The van der Waals surface area contributed by atoms with Crippen molar-refractivity contribution in [2.45, 2.75) is 37.2 Å². The van der Waals surface area contributed by atoms with Gasteiger partial charge in [0.25, 0.3) is 0 Å². The SMILES string of the molecule is C=C1C2C(CCc3c(cc(C(F)(F)F)cc3C(F)(F)F)-c3c(-c4ccccc4)ccc[n+]31)c1ccccc1-c1cccc[n+]12. The molecule has 3 aromatic carbocycles. The van der Waals surface area contributed by atoms with Crippen LogP contribution in [0.4, 0.5) is 26.3 Å². The van der Waals surface area contributed by atoms with Gasteiger partial charge >= 0.3 is 12.4 Å². The Morgan fingerprint density at radius 2 is 1.39 bits per heavy atom. The zero-order valence-electron chi connectivity index (χ0n) is 23.3. The van der Waals surface area contributed by atoms with Crippen molar-refractivity contribution in [3.05, 3.63) is 138 Å². The molecular weight excluding hydrogens is 574 g/mol. The summed E-state index contributed by atoms with van der Waals surface area (Å²) in [5, 5.41) is 0. The number of aromatic nitrogens is 2. The minimum absolute atomic E-state index is 0.0864. The number of fused-ring (bicyclic) bond motifs is 9. The van der Waals surface area contributed by atoms with Gasteiger partial charge in [0.2, 0.25) is 23.1 Å². The molecule has 44 heavy (non-hydrogen) atoms. The Bertz CT molecular complexity index is 1920. The van der Waals surface area contributed by atoms with Gasteiger partial charge in [-0.1, -0.05) is 48.5 Å². The number of allylic oxidation sites excluding steroid dienone is 1. The maximum absolute atomic E-state index is 14.7. The molecule has 0 aliphatic carbocycles. The molecule has 2 aromatic heterocycles. The van der Waals surface area contributed by atoms with Gasteiger partial charge in [-0.3, -0.25) is 0 Å². The van der Waals surface area contributed by atoms with Crippen LogP contribution in [0.5, 0.6) is 0 Å². The highest BCUT2D eigenvalue weighted by Gasteiger charge is 2.48. The van der Waals surface area contributed by atoms with Crippen LogP contribution in [-0.2, 0) is 18.8 Å². The average Bonchev–Trinajstić information content (AvgIpc) is 3.06. The molecule has 0 amide bonds. The van der Waals surface area contributed by atoms with Crippen LogP contribution in [0, 0.1) is 0 Å². The van der Waals surface area contributed by atoms with Gasteiger partial charge in [-0.15, -0.1) is 0 Å². The Hall–Kier alpha value is -4.72. The lowest BCUT2D eigenvalue weighted by Gasteiger charge is -2.29. The topological polar surface area (TPSA) is 7.76 Å². The summed E-state index contributed by atoms with van der Waals surface area (Å²) in [6, 6.07) is 26.8. The van der Waals surface area contributed by atoms with E-state index < -0.39 is 29.5 Å². The first-order valence-corrected chi connectivity index (χ1v) is 14.2. The molecule has 220 valence electrons. The third-order valence-electron chi connectivity index (χ3n) is 8.78. The number of pyridine rings is 2. The molecule has 0 fully saturated rings. The zero-order chi connectivity index (χ0) is 30.8. The normalized spacial score (nSPS) is 17.6. The third kappa shape index (κ3) is 4.51. The number of hydrogen-bond acceptors (Lipinski definition) is 0. The Morgan fingerprint density at radius 3 is 2.14 bits per heavy atom. The predicted molar refractivity (Wildman–Crippen MR) is 155 cm³/mol. The first-order valence-electron chi connectivity index (χ1n) is 14.2. The zero-order valence-corrected chi connectivity index (χ0v) is 23.3. The number of nitrogens with zero attached hydrogens (tertiary/aromatic N) is 2. The smallest absolute Gasteiger partial charge is 0.184 e. The number of halogens is 6. The summed E-state index contributed by atoms with van der Waals surface area (Å²) in [5.41, 5.74) is 1.97. The molecule has 0 spiro atoms. The first kappa shape index (κ1) is 28.1. The molecule has 2 aliphatic heterocycles. The van der Waals surface area contributed by atoms with E-state index >= 15 is 0 Å². The Kier molecular flexibility index (Phi) is 6.50. The Morgan fingerprint density at radius 1 is 0.682 bits per heavy atom. The summed E-state index contributed by atoms with van der Waals surface area (Å²) >= 11 is 0. The molecule has 2 nitrogen and oxygen atoms in total. The highest BCUT2D eigenvalue weighted by molar-refractivity contribution is 5.82. The van der Waals surface area contributed by atoms with E-state index in [0.29, 0.717) is 16.8 Å². The molecule has 4 heterocycles. The lowest BCUT2D eigenvalue weighted by Crippen LogP contribution is -2.53. The van der Waals surface area contributed by atoms with Crippen LogP contribution < -0.4 is 9.13 Å². The number of benzene rings is 3. The number of rotatable bonds is 1. The lowest BCUT2D eigenvalue weighted by atomic mass is 9.78. The van der Waals surface area contributed by atoms with Crippen LogP contribution >= 0.6 is 0 Å².